The van der Waals surface area contributed by atoms with E-state index in [9.17, 15) is 0 Å². The maximum atomic E-state index is 5.97. The second-order valence-corrected chi connectivity index (χ2v) is 5.14. The number of aryl methyl sites for hydroxylation is 1. The van der Waals surface area contributed by atoms with Gasteiger partial charge in [-0.1, -0.05) is 24.9 Å². The first-order valence-electron chi connectivity index (χ1n) is 6.58. The van der Waals surface area contributed by atoms with Crippen LogP contribution in [0.3, 0.4) is 0 Å². The summed E-state index contributed by atoms with van der Waals surface area (Å²) in [7, 11) is 2.03. The third-order valence-corrected chi connectivity index (χ3v) is 3.55. The number of fused-ring (bicyclic) bond motifs is 1. The SMILES string of the molecule is CCCC(CCc1cc2cc(Cl)ccc2o1)NC. The van der Waals surface area contributed by atoms with Crippen LogP contribution in [0.15, 0.2) is 28.7 Å². The van der Waals surface area contributed by atoms with Crippen LogP contribution in [0.5, 0.6) is 0 Å². The molecule has 3 heteroatoms. The third kappa shape index (κ3) is 3.27. The number of benzene rings is 1. The van der Waals surface area contributed by atoms with Crippen molar-refractivity contribution in [3.8, 4) is 0 Å². The number of halogens is 1. The largest absolute Gasteiger partial charge is 0.461 e. The highest BCUT2D eigenvalue weighted by Gasteiger charge is 2.08. The van der Waals surface area contributed by atoms with Gasteiger partial charge in [0.1, 0.15) is 11.3 Å². The minimum atomic E-state index is 0.576. The Labute approximate surface area is 113 Å². The second-order valence-electron chi connectivity index (χ2n) is 4.71. The lowest BCUT2D eigenvalue weighted by Crippen LogP contribution is -2.25. The molecule has 0 aliphatic rings. The zero-order valence-corrected chi connectivity index (χ0v) is 11.8. The summed E-state index contributed by atoms with van der Waals surface area (Å²) in [6.07, 6.45) is 4.50. The first-order chi connectivity index (χ1) is 8.72. The van der Waals surface area contributed by atoms with E-state index in [0.717, 1.165) is 34.6 Å². The highest BCUT2D eigenvalue weighted by molar-refractivity contribution is 6.31. The van der Waals surface area contributed by atoms with Gasteiger partial charge in [0.2, 0.25) is 0 Å². The van der Waals surface area contributed by atoms with Gasteiger partial charge in [0.05, 0.1) is 0 Å². The lowest BCUT2D eigenvalue weighted by molar-refractivity contribution is 0.454. The molecular weight excluding hydrogens is 246 g/mol. The molecule has 0 saturated carbocycles. The van der Waals surface area contributed by atoms with E-state index in [1.54, 1.807) is 0 Å². The minimum absolute atomic E-state index is 0.576. The van der Waals surface area contributed by atoms with Crippen molar-refractivity contribution in [1.82, 2.24) is 5.32 Å². The summed E-state index contributed by atoms with van der Waals surface area (Å²) < 4.78 is 5.81. The molecule has 1 aromatic heterocycles. The first kappa shape index (κ1) is 13.4. The summed E-state index contributed by atoms with van der Waals surface area (Å²) in [5.41, 5.74) is 0.922. The van der Waals surface area contributed by atoms with Gasteiger partial charge in [0.15, 0.2) is 0 Å². The third-order valence-electron chi connectivity index (χ3n) is 3.31. The summed E-state index contributed by atoms with van der Waals surface area (Å²) in [4.78, 5) is 0. The Kier molecular flexibility index (Phi) is 4.67. The molecule has 98 valence electrons. The van der Waals surface area contributed by atoms with Gasteiger partial charge in [-0.25, -0.2) is 0 Å². The number of furan rings is 1. The standard InChI is InChI=1S/C15H20ClNO/c1-3-4-13(17-2)6-7-14-10-11-9-12(16)5-8-15(11)18-14/h5,8-10,13,17H,3-4,6-7H2,1-2H3. The maximum absolute atomic E-state index is 5.97. The van der Waals surface area contributed by atoms with Gasteiger partial charge < -0.3 is 9.73 Å². The quantitative estimate of drug-likeness (QED) is 0.837. The fourth-order valence-corrected chi connectivity index (χ4v) is 2.47. The smallest absolute Gasteiger partial charge is 0.134 e. The van der Waals surface area contributed by atoms with E-state index >= 15 is 0 Å². The molecule has 1 heterocycles. The van der Waals surface area contributed by atoms with Crippen LogP contribution in [-0.2, 0) is 6.42 Å². The molecule has 1 aromatic carbocycles. The Morgan fingerprint density at radius 2 is 2.11 bits per heavy atom. The van der Waals surface area contributed by atoms with Gasteiger partial charge in [-0.05, 0) is 44.2 Å². The van der Waals surface area contributed by atoms with Gasteiger partial charge in [-0.3, -0.25) is 0 Å². The fourth-order valence-electron chi connectivity index (χ4n) is 2.29. The maximum Gasteiger partial charge on any atom is 0.134 e. The van der Waals surface area contributed by atoms with Gasteiger partial charge in [0, 0.05) is 22.9 Å². The summed E-state index contributed by atoms with van der Waals surface area (Å²) in [5, 5.41) is 5.20. The van der Waals surface area contributed by atoms with Crippen LogP contribution >= 0.6 is 11.6 Å². The van der Waals surface area contributed by atoms with Crippen LogP contribution in [-0.4, -0.2) is 13.1 Å². The average Bonchev–Trinajstić information content (AvgIpc) is 2.76. The molecule has 0 aliphatic carbocycles. The Morgan fingerprint density at radius 1 is 1.28 bits per heavy atom. The van der Waals surface area contributed by atoms with E-state index in [1.165, 1.54) is 12.8 Å². The zero-order chi connectivity index (χ0) is 13.0. The van der Waals surface area contributed by atoms with Crippen molar-refractivity contribution >= 4 is 22.6 Å². The van der Waals surface area contributed by atoms with E-state index in [1.807, 2.05) is 25.2 Å². The van der Waals surface area contributed by atoms with E-state index in [0.29, 0.717) is 6.04 Å². The molecule has 2 nitrogen and oxygen atoms in total. The van der Waals surface area contributed by atoms with Crippen molar-refractivity contribution in [2.45, 2.75) is 38.6 Å². The fraction of sp³-hybridized carbons (Fsp3) is 0.467. The summed E-state index contributed by atoms with van der Waals surface area (Å²) in [5.74, 6) is 1.05. The molecule has 0 saturated heterocycles. The van der Waals surface area contributed by atoms with Crippen LogP contribution < -0.4 is 5.32 Å². The number of hydrogen-bond acceptors (Lipinski definition) is 2. The van der Waals surface area contributed by atoms with E-state index in [2.05, 4.69) is 18.3 Å². The lowest BCUT2D eigenvalue weighted by atomic mass is 10.1. The predicted octanol–water partition coefficient (Wildman–Crippen LogP) is 4.41. The van der Waals surface area contributed by atoms with Gasteiger partial charge in [-0.2, -0.15) is 0 Å². The Bertz CT molecular complexity index is 506. The van der Waals surface area contributed by atoms with Crippen LogP contribution in [0.1, 0.15) is 31.9 Å². The molecule has 0 radical (unpaired) electrons. The topological polar surface area (TPSA) is 25.2 Å². The molecule has 2 aromatic rings. The molecule has 0 spiro atoms. The van der Waals surface area contributed by atoms with Gasteiger partial charge in [0.25, 0.3) is 0 Å². The summed E-state index contributed by atoms with van der Waals surface area (Å²) in [6.45, 7) is 2.22. The Balaban J connectivity index is 2.03. The van der Waals surface area contributed by atoms with Crippen molar-refractivity contribution in [2.75, 3.05) is 7.05 Å². The number of rotatable bonds is 6. The molecule has 0 bridgehead atoms. The normalized spacial score (nSPS) is 13.1. The van der Waals surface area contributed by atoms with E-state index in [-0.39, 0.29) is 0 Å². The molecule has 18 heavy (non-hydrogen) atoms. The molecule has 1 unspecified atom stereocenters. The average molecular weight is 266 g/mol. The highest BCUT2D eigenvalue weighted by atomic mass is 35.5. The summed E-state index contributed by atoms with van der Waals surface area (Å²) >= 11 is 5.97. The molecule has 0 amide bonds. The van der Waals surface area contributed by atoms with Crippen molar-refractivity contribution in [3.05, 3.63) is 35.0 Å². The predicted molar refractivity (Wildman–Crippen MR) is 77.3 cm³/mol. The van der Waals surface area contributed by atoms with Crippen LogP contribution in [0, 0.1) is 0 Å². The Hall–Kier alpha value is -0.990. The van der Waals surface area contributed by atoms with Crippen molar-refractivity contribution in [3.63, 3.8) is 0 Å². The van der Waals surface area contributed by atoms with Crippen LogP contribution in [0.4, 0.5) is 0 Å². The minimum Gasteiger partial charge on any atom is -0.461 e. The van der Waals surface area contributed by atoms with E-state index < -0.39 is 0 Å². The van der Waals surface area contributed by atoms with Crippen molar-refractivity contribution in [2.24, 2.45) is 0 Å². The number of hydrogen-bond donors (Lipinski definition) is 1. The molecule has 2 rings (SSSR count). The number of nitrogens with one attached hydrogen (secondary N) is 1. The van der Waals surface area contributed by atoms with Crippen molar-refractivity contribution in [1.29, 1.82) is 0 Å². The van der Waals surface area contributed by atoms with Crippen molar-refractivity contribution < 1.29 is 4.42 Å². The summed E-state index contributed by atoms with van der Waals surface area (Å²) in [6, 6.07) is 8.42. The second kappa shape index (κ2) is 6.26. The van der Waals surface area contributed by atoms with E-state index in [4.69, 9.17) is 16.0 Å². The first-order valence-corrected chi connectivity index (χ1v) is 6.96. The van der Waals surface area contributed by atoms with Gasteiger partial charge in [-0.15, -0.1) is 0 Å². The molecule has 0 aliphatic heterocycles. The van der Waals surface area contributed by atoms with Crippen LogP contribution in [0.25, 0.3) is 11.0 Å². The van der Waals surface area contributed by atoms with Gasteiger partial charge >= 0.3 is 0 Å². The monoisotopic (exact) mass is 265 g/mol. The molecular formula is C15H20ClNO. The zero-order valence-electron chi connectivity index (χ0n) is 11.0. The molecule has 1 atom stereocenters. The molecule has 0 fully saturated rings. The lowest BCUT2D eigenvalue weighted by Gasteiger charge is -2.13. The highest BCUT2D eigenvalue weighted by Crippen LogP contribution is 2.24. The molecule has 1 N–H and O–H groups in total. The Morgan fingerprint density at radius 3 is 2.83 bits per heavy atom. The van der Waals surface area contributed by atoms with Crippen LogP contribution in [0.2, 0.25) is 5.02 Å².